The molecule has 0 radical (unpaired) electrons. The van der Waals surface area contributed by atoms with Gasteiger partial charge in [-0.3, -0.25) is 19.3 Å². The molecule has 2 aliphatic rings. The molecule has 1 aromatic rings. The number of methoxy groups -OCH3 is 1. The Bertz CT molecular complexity index is 817. The van der Waals surface area contributed by atoms with Crippen LogP contribution in [0.3, 0.4) is 0 Å². The maximum absolute atomic E-state index is 12.7. The third-order valence-electron chi connectivity index (χ3n) is 5.03. The van der Waals surface area contributed by atoms with Crippen LogP contribution in [0.1, 0.15) is 13.8 Å². The van der Waals surface area contributed by atoms with E-state index in [0.29, 0.717) is 26.2 Å². The summed E-state index contributed by atoms with van der Waals surface area (Å²) in [6.45, 7) is 5.56. The number of urea groups is 1. The highest BCUT2D eigenvalue weighted by molar-refractivity contribution is 6.45. The fraction of sp³-hybridized carbons (Fsp3) is 0.500. The van der Waals surface area contributed by atoms with E-state index in [1.807, 2.05) is 38.1 Å². The summed E-state index contributed by atoms with van der Waals surface area (Å²) in [5, 5.41) is 0. The molecule has 0 aromatic heterocycles. The predicted molar refractivity (Wildman–Crippen MR) is 105 cm³/mol. The Morgan fingerprint density at radius 2 is 1.62 bits per heavy atom. The Kier molecular flexibility index (Phi) is 6.05. The fourth-order valence-corrected chi connectivity index (χ4v) is 3.54. The molecule has 5 amide bonds. The van der Waals surface area contributed by atoms with Gasteiger partial charge in [0.05, 0.1) is 12.8 Å². The number of rotatable bonds is 6. The van der Waals surface area contributed by atoms with Gasteiger partial charge in [-0.25, -0.2) is 9.69 Å². The quantitative estimate of drug-likeness (QED) is 0.516. The van der Waals surface area contributed by atoms with E-state index in [1.54, 1.807) is 12.0 Å². The van der Waals surface area contributed by atoms with Crippen LogP contribution in [-0.2, 0) is 14.4 Å². The summed E-state index contributed by atoms with van der Waals surface area (Å²) in [6.07, 6.45) is 0. The molecular formula is C20H26N4O5. The lowest BCUT2D eigenvalue weighted by atomic mass is 10.2. The number of hydrogen-bond donors (Lipinski definition) is 0. The lowest BCUT2D eigenvalue weighted by Gasteiger charge is -2.37. The minimum absolute atomic E-state index is 0.0365. The molecule has 0 saturated carbocycles. The van der Waals surface area contributed by atoms with Crippen LogP contribution in [-0.4, -0.2) is 84.8 Å². The lowest BCUT2D eigenvalue weighted by molar-refractivity contribution is -0.145. The fourth-order valence-electron chi connectivity index (χ4n) is 3.54. The van der Waals surface area contributed by atoms with Crippen LogP contribution in [0.4, 0.5) is 10.5 Å². The topological polar surface area (TPSA) is 90.5 Å². The van der Waals surface area contributed by atoms with Crippen LogP contribution in [0.15, 0.2) is 24.3 Å². The second-order valence-electron chi connectivity index (χ2n) is 7.52. The SMILES string of the molecule is COc1ccccc1N1CCN(C(=O)CN2C(=O)C(=O)N(CC(C)C)C2=O)CC1. The zero-order chi connectivity index (χ0) is 21.1. The summed E-state index contributed by atoms with van der Waals surface area (Å²) >= 11 is 0. The van der Waals surface area contributed by atoms with E-state index in [1.165, 1.54) is 0 Å². The van der Waals surface area contributed by atoms with Crippen molar-refractivity contribution < 1.29 is 23.9 Å². The molecule has 2 heterocycles. The predicted octanol–water partition coefficient (Wildman–Crippen LogP) is 0.791. The van der Waals surface area contributed by atoms with Crippen molar-refractivity contribution in [3.05, 3.63) is 24.3 Å². The van der Waals surface area contributed by atoms with Crippen molar-refractivity contribution in [2.24, 2.45) is 5.92 Å². The number of benzene rings is 1. The van der Waals surface area contributed by atoms with Gasteiger partial charge in [-0.05, 0) is 18.1 Å². The second kappa shape index (κ2) is 8.50. The number of carbonyl (C=O) groups excluding carboxylic acids is 4. The van der Waals surface area contributed by atoms with Gasteiger partial charge in [0.25, 0.3) is 0 Å². The molecule has 0 N–H and O–H groups in total. The number of amides is 5. The minimum Gasteiger partial charge on any atom is -0.495 e. The van der Waals surface area contributed by atoms with Crippen molar-refractivity contribution in [3.63, 3.8) is 0 Å². The van der Waals surface area contributed by atoms with Gasteiger partial charge in [0.15, 0.2) is 0 Å². The summed E-state index contributed by atoms with van der Waals surface area (Å²) in [4.78, 5) is 54.7. The van der Waals surface area contributed by atoms with Gasteiger partial charge in [-0.1, -0.05) is 26.0 Å². The van der Waals surface area contributed by atoms with Gasteiger partial charge >= 0.3 is 17.8 Å². The molecule has 156 valence electrons. The summed E-state index contributed by atoms with van der Waals surface area (Å²) in [7, 11) is 1.62. The van der Waals surface area contributed by atoms with Gasteiger partial charge < -0.3 is 14.5 Å². The lowest BCUT2D eigenvalue weighted by Crippen LogP contribution is -2.52. The first kappa shape index (κ1) is 20.6. The number of hydrogen-bond acceptors (Lipinski definition) is 6. The molecule has 2 aliphatic heterocycles. The number of nitrogens with zero attached hydrogens (tertiary/aromatic N) is 4. The maximum atomic E-state index is 12.7. The van der Waals surface area contributed by atoms with E-state index in [9.17, 15) is 19.2 Å². The zero-order valence-electron chi connectivity index (χ0n) is 17.0. The average Bonchev–Trinajstić information content (AvgIpc) is 2.91. The van der Waals surface area contributed by atoms with Gasteiger partial charge in [-0.2, -0.15) is 0 Å². The van der Waals surface area contributed by atoms with Crippen molar-refractivity contribution >= 4 is 29.4 Å². The van der Waals surface area contributed by atoms with Gasteiger partial charge in [-0.15, -0.1) is 0 Å². The van der Waals surface area contributed by atoms with Crippen LogP contribution >= 0.6 is 0 Å². The van der Waals surface area contributed by atoms with E-state index < -0.39 is 24.4 Å². The number of ether oxygens (including phenoxy) is 1. The standard InChI is InChI=1S/C20H26N4O5/c1-14(2)12-23-18(26)19(27)24(20(23)28)13-17(25)22-10-8-21(9-11-22)15-6-4-5-7-16(15)29-3/h4-7,14H,8-13H2,1-3H3. The molecule has 0 unspecified atom stereocenters. The van der Waals surface area contributed by atoms with E-state index in [4.69, 9.17) is 4.74 Å². The van der Waals surface area contributed by atoms with Crippen molar-refractivity contribution in [1.82, 2.24) is 14.7 Å². The van der Waals surface area contributed by atoms with Gasteiger partial charge in [0.1, 0.15) is 12.3 Å². The van der Waals surface area contributed by atoms with Gasteiger partial charge in [0.2, 0.25) is 5.91 Å². The first-order valence-corrected chi connectivity index (χ1v) is 9.66. The second-order valence-corrected chi connectivity index (χ2v) is 7.52. The van der Waals surface area contributed by atoms with E-state index in [-0.39, 0.29) is 18.4 Å². The highest BCUT2D eigenvalue weighted by Crippen LogP contribution is 2.28. The number of carbonyl (C=O) groups is 4. The first-order valence-electron chi connectivity index (χ1n) is 9.66. The monoisotopic (exact) mass is 402 g/mol. The van der Waals surface area contributed by atoms with Crippen molar-refractivity contribution in [1.29, 1.82) is 0 Å². The van der Waals surface area contributed by atoms with E-state index in [2.05, 4.69) is 4.90 Å². The van der Waals surface area contributed by atoms with Crippen molar-refractivity contribution in [2.45, 2.75) is 13.8 Å². The van der Waals surface area contributed by atoms with E-state index >= 15 is 0 Å². The molecule has 9 nitrogen and oxygen atoms in total. The maximum Gasteiger partial charge on any atom is 0.334 e. The Labute approximate surface area is 169 Å². The van der Waals surface area contributed by atoms with Crippen LogP contribution in [0, 0.1) is 5.92 Å². The molecule has 0 atom stereocenters. The third-order valence-corrected chi connectivity index (χ3v) is 5.03. The summed E-state index contributed by atoms with van der Waals surface area (Å²) in [6, 6.07) is 6.97. The minimum atomic E-state index is -0.934. The number of para-hydroxylation sites is 2. The average molecular weight is 402 g/mol. The van der Waals surface area contributed by atoms with E-state index in [0.717, 1.165) is 21.2 Å². The van der Waals surface area contributed by atoms with Crippen LogP contribution in [0.5, 0.6) is 5.75 Å². The Morgan fingerprint density at radius 3 is 2.24 bits per heavy atom. The van der Waals surface area contributed by atoms with Crippen LogP contribution in [0.2, 0.25) is 0 Å². The largest absolute Gasteiger partial charge is 0.495 e. The number of imide groups is 2. The smallest absolute Gasteiger partial charge is 0.334 e. The molecule has 0 spiro atoms. The zero-order valence-corrected chi connectivity index (χ0v) is 17.0. The molecular weight excluding hydrogens is 376 g/mol. The third kappa shape index (κ3) is 4.18. The van der Waals surface area contributed by atoms with Crippen molar-refractivity contribution in [3.8, 4) is 5.75 Å². The summed E-state index contributed by atoms with van der Waals surface area (Å²) in [5.41, 5.74) is 0.960. The number of anilines is 1. The summed E-state index contributed by atoms with van der Waals surface area (Å²) < 4.78 is 5.39. The van der Waals surface area contributed by atoms with Crippen LogP contribution < -0.4 is 9.64 Å². The molecule has 3 rings (SSSR count). The molecule has 2 saturated heterocycles. The Morgan fingerprint density at radius 1 is 1.00 bits per heavy atom. The number of piperazine rings is 1. The van der Waals surface area contributed by atoms with Crippen LogP contribution in [0.25, 0.3) is 0 Å². The Balaban J connectivity index is 1.59. The molecule has 0 aliphatic carbocycles. The molecule has 29 heavy (non-hydrogen) atoms. The first-order chi connectivity index (χ1) is 13.8. The normalized spacial score (nSPS) is 17.6. The van der Waals surface area contributed by atoms with Gasteiger partial charge in [0, 0.05) is 32.7 Å². The molecule has 2 fully saturated rings. The Hall–Kier alpha value is -3.10. The summed E-state index contributed by atoms with van der Waals surface area (Å²) in [5.74, 6) is -1.33. The molecule has 0 bridgehead atoms. The van der Waals surface area contributed by atoms with Crippen molar-refractivity contribution in [2.75, 3.05) is 51.3 Å². The highest BCUT2D eigenvalue weighted by atomic mass is 16.5. The molecule has 9 heteroatoms. The highest BCUT2D eigenvalue weighted by Gasteiger charge is 2.45. The molecule has 1 aromatic carbocycles.